The Labute approximate surface area is 98.5 Å². The summed E-state index contributed by atoms with van der Waals surface area (Å²) in [6.07, 6.45) is 3.55. The molecular weight excluding hydrogens is 206 g/mol. The van der Waals surface area contributed by atoms with E-state index in [1.165, 1.54) is 12.8 Å². The number of aliphatic hydroxyl groups excluding tert-OH is 1. The second-order valence-corrected chi connectivity index (χ2v) is 4.52. The SMILES string of the molecule is CCOCC(O)CN(C)CC1CCCCO1. The largest absolute Gasteiger partial charge is 0.389 e. The van der Waals surface area contributed by atoms with Gasteiger partial charge < -0.3 is 19.5 Å². The second-order valence-electron chi connectivity index (χ2n) is 4.52. The molecule has 2 atom stereocenters. The van der Waals surface area contributed by atoms with E-state index in [0.29, 0.717) is 25.9 Å². The molecule has 1 aliphatic rings. The van der Waals surface area contributed by atoms with Gasteiger partial charge in [-0.05, 0) is 33.2 Å². The summed E-state index contributed by atoms with van der Waals surface area (Å²) >= 11 is 0. The first kappa shape index (κ1) is 13.9. The van der Waals surface area contributed by atoms with Gasteiger partial charge in [0.25, 0.3) is 0 Å². The van der Waals surface area contributed by atoms with Gasteiger partial charge >= 0.3 is 0 Å². The van der Waals surface area contributed by atoms with Crippen LogP contribution in [-0.2, 0) is 9.47 Å². The number of hydrogen-bond acceptors (Lipinski definition) is 4. The molecule has 0 aromatic heterocycles. The Morgan fingerprint density at radius 1 is 1.50 bits per heavy atom. The zero-order chi connectivity index (χ0) is 11.8. The lowest BCUT2D eigenvalue weighted by atomic mass is 10.1. The molecule has 16 heavy (non-hydrogen) atoms. The van der Waals surface area contributed by atoms with Crippen molar-refractivity contribution in [2.75, 3.05) is 40.0 Å². The lowest BCUT2D eigenvalue weighted by molar-refractivity contribution is -0.0175. The van der Waals surface area contributed by atoms with Crippen LogP contribution in [0, 0.1) is 0 Å². The van der Waals surface area contributed by atoms with Crippen LogP contribution >= 0.6 is 0 Å². The highest BCUT2D eigenvalue weighted by atomic mass is 16.5. The molecule has 0 aliphatic carbocycles. The van der Waals surface area contributed by atoms with E-state index in [1.807, 2.05) is 14.0 Å². The fourth-order valence-electron chi connectivity index (χ4n) is 2.04. The third kappa shape index (κ3) is 5.80. The maximum atomic E-state index is 9.67. The Morgan fingerprint density at radius 3 is 2.94 bits per heavy atom. The molecule has 0 radical (unpaired) electrons. The number of likely N-dealkylation sites (N-methyl/N-ethyl adjacent to an activating group) is 1. The molecule has 0 saturated carbocycles. The van der Waals surface area contributed by atoms with Gasteiger partial charge in [0.1, 0.15) is 0 Å². The van der Waals surface area contributed by atoms with Crippen LogP contribution in [0.1, 0.15) is 26.2 Å². The topological polar surface area (TPSA) is 41.9 Å². The van der Waals surface area contributed by atoms with Crippen LogP contribution in [0.15, 0.2) is 0 Å². The van der Waals surface area contributed by atoms with Crippen LogP contribution in [0.5, 0.6) is 0 Å². The number of ether oxygens (including phenoxy) is 2. The van der Waals surface area contributed by atoms with Crippen molar-refractivity contribution in [3.8, 4) is 0 Å². The second kappa shape index (κ2) is 8.01. The smallest absolute Gasteiger partial charge is 0.0900 e. The van der Waals surface area contributed by atoms with Crippen LogP contribution in [0.3, 0.4) is 0 Å². The van der Waals surface area contributed by atoms with E-state index in [9.17, 15) is 5.11 Å². The highest BCUT2D eigenvalue weighted by molar-refractivity contribution is 4.69. The zero-order valence-corrected chi connectivity index (χ0v) is 10.5. The maximum Gasteiger partial charge on any atom is 0.0900 e. The summed E-state index contributed by atoms with van der Waals surface area (Å²) in [5, 5.41) is 9.67. The Balaban J connectivity index is 2.11. The molecule has 1 heterocycles. The van der Waals surface area contributed by atoms with Crippen molar-refractivity contribution in [1.82, 2.24) is 4.90 Å². The van der Waals surface area contributed by atoms with Crippen molar-refractivity contribution in [3.05, 3.63) is 0 Å². The number of aliphatic hydroxyl groups is 1. The van der Waals surface area contributed by atoms with E-state index in [1.54, 1.807) is 0 Å². The maximum absolute atomic E-state index is 9.67. The summed E-state index contributed by atoms with van der Waals surface area (Å²) in [5.74, 6) is 0. The summed E-state index contributed by atoms with van der Waals surface area (Å²) in [7, 11) is 2.02. The summed E-state index contributed by atoms with van der Waals surface area (Å²) in [4.78, 5) is 2.12. The van der Waals surface area contributed by atoms with Crippen LogP contribution < -0.4 is 0 Å². The molecule has 4 heteroatoms. The van der Waals surface area contributed by atoms with Crippen molar-refractivity contribution >= 4 is 0 Å². The molecule has 2 unspecified atom stereocenters. The van der Waals surface area contributed by atoms with E-state index in [4.69, 9.17) is 9.47 Å². The third-order valence-electron chi connectivity index (χ3n) is 2.83. The fourth-order valence-corrected chi connectivity index (χ4v) is 2.04. The van der Waals surface area contributed by atoms with Gasteiger partial charge in [-0.3, -0.25) is 0 Å². The normalized spacial score (nSPS) is 23.6. The first-order valence-electron chi connectivity index (χ1n) is 6.28. The van der Waals surface area contributed by atoms with Gasteiger partial charge in [0.15, 0.2) is 0 Å². The van der Waals surface area contributed by atoms with E-state index in [2.05, 4.69) is 4.90 Å². The van der Waals surface area contributed by atoms with Gasteiger partial charge in [0.2, 0.25) is 0 Å². The highest BCUT2D eigenvalue weighted by Gasteiger charge is 2.17. The highest BCUT2D eigenvalue weighted by Crippen LogP contribution is 2.13. The molecular formula is C12H25NO3. The summed E-state index contributed by atoms with van der Waals surface area (Å²) < 4.78 is 10.8. The molecule has 0 spiro atoms. The van der Waals surface area contributed by atoms with Crippen molar-refractivity contribution in [2.45, 2.75) is 38.4 Å². The average molecular weight is 231 g/mol. The molecule has 96 valence electrons. The molecule has 0 bridgehead atoms. The Morgan fingerprint density at radius 2 is 2.31 bits per heavy atom. The quantitative estimate of drug-likeness (QED) is 0.706. The van der Waals surface area contributed by atoms with Crippen LogP contribution in [0.4, 0.5) is 0 Å². The molecule has 1 rings (SSSR count). The molecule has 0 amide bonds. The van der Waals surface area contributed by atoms with Gasteiger partial charge in [-0.2, -0.15) is 0 Å². The van der Waals surface area contributed by atoms with Crippen molar-refractivity contribution in [3.63, 3.8) is 0 Å². The first-order valence-corrected chi connectivity index (χ1v) is 6.28. The molecule has 4 nitrogen and oxygen atoms in total. The van der Waals surface area contributed by atoms with Gasteiger partial charge in [0, 0.05) is 26.3 Å². The predicted octanol–water partition coefficient (Wildman–Crippen LogP) is 0.885. The molecule has 1 fully saturated rings. The van der Waals surface area contributed by atoms with Gasteiger partial charge in [0.05, 0.1) is 18.8 Å². The van der Waals surface area contributed by atoms with E-state index in [-0.39, 0.29) is 0 Å². The van der Waals surface area contributed by atoms with Crippen LogP contribution in [0.2, 0.25) is 0 Å². The average Bonchev–Trinajstić information content (AvgIpc) is 2.27. The Hall–Kier alpha value is -0.160. The number of nitrogens with zero attached hydrogens (tertiary/aromatic N) is 1. The standard InChI is InChI=1S/C12H25NO3/c1-3-15-10-11(14)8-13(2)9-12-6-4-5-7-16-12/h11-12,14H,3-10H2,1-2H3. The Kier molecular flexibility index (Phi) is 6.96. The van der Waals surface area contributed by atoms with Crippen molar-refractivity contribution in [1.29, 1.82) is 0 Å². The van der Waals surface area contributed by atoms with Crippen molar-refractivity contribution in [2.24, 2.45) is 0 Å². The minimum absolute atomic E-state index is 0.345. The van der Waals surface area contributed by atoms with E-state index < -0.39 is 6.10 Å². The van der Waals surface area contributed by atoms with Crippen molar-refractivity contribution < 1.29 is 14.6 Å². The minimum atomic E-state index is -0.395. The number of hydrogen-bond donors (Lipinski definition) is 1. The van der Waals surface area contributed by atoms with Crippen LogP contribution in [0.25, 0.3) is 0 Å². The number of rotatable bonds is 7. The lowest BCUT2D eigenvalue weighted by Crippen LogP contribution is -2.38. The van der Waals surface area contributed by atoms with Crippen LogP contribution in [-0.4, -0.2) is 62.2 Å². The van der Waals surface area contributed by atoms with E-state index in [0.717, 1.165) is 19.6 Å². The summed E-state index contributed by atoms with van der Waals surface area (Å²) in [6.45, 7) is 5.47. The van der Waals surface area contributed by atoms with Gasteiger partial charge in [-0.1, -0.05) is 0 Å². The lowest BCUT2D eigenvalue weighted by Gasteiger charge is -2.28. The van der Waals surface area contributed by atoms with Gasteiger partial charge in [-0.15, -0.1) is 0 Å². The zero-order valence-electron chi connectivity index (χ0n) is 10.5. The Bertz CT molecular complexity index is 172. The fraction of sp³-hybridized carbons (Fsp3) is 1.00. The minimum Gasteiger partial charge on any atom is -0.389 e. The molecule has 0 aromatic rings. The molecule has 0 aromatic carbocycles. The molecule has 1 N–H and O–H groups in total. The third-order valence-corrected chi connectivity index (χ3v) is 2.83. The van der Waals surface area contributed by atoms with Gasteiger partial charge in [-0.25, -0.2) is 0 Å². The predicted molar refractivity (Wildman–Crippen MR) is 63.6 cm³/mol. The monoisotopic (exact) mass is 231 g/mol. The first-order chi connectivity index (χ1) is 7.72. The molecule has 1 aliphatic heterocycles. The van der Waals surface area contributed by atoms with E-state index >= 15 is 0 Å². The molecule has 1 saturated heterocycles. The summed E-state index contributed by atoms with van der Waals surface area (Å²) in [6, 6.07) is 0. The summed E-state index contributed by atoms with van der Waals surface area (Å²) in [5.41, 5.74) is 0.